The number of benzene rings is 10. The van der Waals surface area contributed by atoms with Gasteiger partial charge in [0.15, 0.2) is 0 Å². The van der Waals surface area contributed by atoms with Gasteiger partial charge in [0.05, 0.1) is 0 Å². The number of para-hydroxylation sites is 2. The molecule has 0 saturated carbocycles. The minimum Gasteiger partial charge on any atom is -0.455 e. The van der Waals surface area contributed by atoms with E-state index in [2.05, 4.69) is 248 Å². The lowest BCUT2D eigenvalue weighted by Crippen LogP contribution is -2.24. The highest BCUT2D eigenvalue weighted by atomic mass is 16.3. The molecule has 2 heterocycles. The molecule has 0 bridgehead atoms. The van der Waals surface area contributed by atoms with E-state index in [4.69, 9.17) is 8.83 Å². The van der Waals surface area contributed by atoms with E-state index in [9.17, 15) is 0 Å². The molecule has 2 aromatic heterocycles. The van der Waals surface area contributed by atoms with Crippen molar-refractivity contribution in [2.75, 3.05) is 4.90 Å². The third-order valence-electron chi connectivity index (χ3n) is 17.4. The van der Waals surface area contributed by atoms with E-state index in [1.54, 1.807) is 0 Å². The zero-order valence-corrected chi connectivity index (χ0v) is 43.2. The van der Waals surface area contributed by atoms with Gasteiger partial charge < -0.3 is 13.7 Å². The van der Waals surface area contributed by atoms with Crippen LogP contribution < -0.4 is 4.90 Å². The smallest absolute Gasteiger partial charge is 0.144 e. The lowest BCUT2D eigenvalue weighted by molar-refractivity contribution is 0.600. The monoisotopic (exact) mass is 953 g/mol. The maximum absolute atomic E-state index is 7.07. The number of hydrogen-bond donors (Lipinski definition) is 0. The average Bonchev–Trinajstić information content (AvgIpc) is 4.15. The van der Waals surface area contributed by atoms with E-state index < -0.39 is 0 Å². The number of furan rings is 2. The van der Waals surface area contributed by atoms with Crippen molar-refractivity contribution in [3.8, 4) is 55.6 Å². The molecule has 0 atom stereocenters. The van der Waals surface area contributed by atoms with Crippen LogP contribution in [-0.2, 0) is 16.2 Å². The van der Waals surface area contributed by atoms with Crippen LogP contribution >= 0.6 is 0 Å². The summed E-state index contributed by atoms with van der Waals surface area (Å²) >= 11 is 0. The van der Waals surface area contributed by atoms with Crippen LogP contribution in [0.25, 0.3) is 99.5 Å². The number of fused-ring (bicyclic) bond motifs is 19. The molecular formula is C71H55NO2. The number of anilines is 3. The fraction of sp³-hybridized carbons (Fsp3) is 0.155. The Balaban J connectivity index is 0.923. The zero-order valence-electron chi connectivity index (χ0n) is 43.2. The summed E-state index contributed by atoms with van der Waals surface area (Å²) in [5, 5.41) is 4.73. The van der Waals surface area contributed by atoms with Gasteiger partial charge in [-0.05, 0) is 157 Å². The SMILES string of the molecule is Cc1cc(C)cc(N(c2ccc3c(c2)C(C)(C)c2cc(-c4ccc(-c5ccccc5)cc4)c4oc5ccccc5c4c2-3)c2ccc3c(c2)C(C)(C)c2c4c(c5c(oc6ccccc65)c2-3)-c2ccccc2C4(C)C)c1. The zero-order chi connectivity index (χ0) is 50.2. The molecule has 12 aromatic rings. The van der Waals surface area contributed by atoms with Crippen LogP contribution in [-0.4, -0.2) is 0 Å². The van der Waals surface area contributed by atoms with Crippen molar-refractivity contribution >= 4 is 60.9 Å². The molecule has 0 N–H and O–H groups in total. The van der Waals surface area contributed by atoms with Crippen LogP contribution in [0.1, 0.15) is 86.1 Å². The molecule has 0 unspecified atom stereocenters. The predicted molar refractivity (Wildman–Crippen MR) is 309 cm³/mol. The molecule has 0 radical (unpaired) electrons. The Morgan fingerprint density at radius 3 is 1.51 bits per heavy atom. The van der Waals surface area contributed by atoms with Gasteiger partial charge in [-0.15, -0.1) is 0 Å². The Morgan fingerprint density at radius 2 is 0.838 bits per heavy atom. The summed E-state index contributed by atoms with van der Waals surface area (Å²) in [6, 6.07) is 69.7. The molecular weight excluding hydrogens is 899 g/mol. The molecule has 3 aliphatic rings. The molecule has 3 nitrogen and oxygen atoms in total. The first kappa shape index (κ1) is 43.2. The van der Waals surface area contributed by atoms with Crippen molar-refractivity contribution in [1.82, 2.24) is 0 Å². The summed E-state index contributed by atoms with van der Waals surface area (Å²) in [5.74, 6) is 0. The fourth-order valence-corrected chi connectivity index (χ4v) is 14.1. The highest BCUT2D eigenvalue weighted by molar-refractivity contribution is 6.21. The van der Waals surface area contributed by atoms with Crippen LogP contribution in [0.15, 0.2) is 197 Å². The molecule has 3 heteroatoms. The second-order valence-electron chi connectivity index (χ2n) is 23.0. The second-order valence-corrected chi connectivity index (χ2v) is 23.0. The van der Waals surface area contributed by atoms with E-state index in [1.807, 2.05) is 0 Å². The third kappa shape index (κ3) is 5.73. The summed E-state index contributed by atoms with van der Waals surface area (Å²) in [6.45, 7) is 19.0. The molecule has 74 heavy (non-hydrogen) atoms. The number of hydrogen-bond acceptors (Lipinski definition) is 3. The minimum atomic E-state index is -0.342. The lowest BCUT2D eigenvalue weighted by atomic mass is 9.72. The largest absolute Gasteiger partial charge is 0.455 e. The summed E-state index contributed by atoms with van der Waals surface area (Å²) in [5.41, 5.74) is 29.2. The van der Waals surface area contributed by atoms with E-state index >= 15 is 0 Å². The lowest BCUT2D eigenvalue weighted by Gasteiger charge is -2.32. The van der Waals surface area contributed by atoms with Crippen molar-refractivity contribution < 1.29 is 8.83 Å². The van der Waals surface area contributed by atoms with E-state index in [0.29, 0.717) is 0 Å². The molecule has 0 amide bonds. The van der Waals surface area contributed by atoms with Crippen LogP contribution in [0.3, 0.4) is 0 Å². The van der Waals surface area contributed by atoms with Gasteiger partial charge >= 0.3 is 0 Å². The number of aryl methyl sites for hydroxylation is 2. The maximum Gasteiger partial charge on any atom is 0.144 e. The second kappa shape index (κ2) is 14.9. The van der Waals surface area contributed by atoms with E-state index in [-0.39, 0.29) is 16.2 Å². The summed E-state index contributed by atoms with van der Waals surface area (Å²) in [7, 11) is 0. The molecule has 15 rings (SSSR count). The molecule has 0 spiro atoms. The van der Waals surface area contributed by atoms with Crippen molar-refractivity contribution in [1.29, 1.82) is 0 Å². The van der Waals surface area contributed by atoms with Crippen LogP contribution in [0.5, 0.6) is 0 Å². The number of rotatable bonds is 5. The van der Waals surface area contributed by atoms with Gasteiger partial charge in [0.2, 0.25) is 0 Å². The standard InChI is InChI=1S/C71H55NO2/c1-40-34-41(2)36-47(35-40)72(46-31-33-50-56(38-46)71(7,8)66-64(50)68-63(52-22-14-17-25-59(52)74-68)61-48-20-12-15-23-54(48)70(5,6)65(61)66)45-30-32-49-55(37-45)69(3,4)57-39-53(44-28-26-43(27-29-44)42-18-10-9-11-19-42)67-62(60(49)57)51-21-13-16-24-58(51)73-67/h9-39H,1-8H3. The summed E-state index contributed by atoms with van der Waals surface area (Å²) in [4.78, 5) is 2.50. The Morgan fingerprint density at radius 1 is 0.338 bits per heavy atom. The molecule has 356 valence electrons. The van der Waals surface area contributed by atoms with Crippen molar-refractivity contribution in [2.45, 2.75) is 71.6 Å². The Bertz CT molecular complexity index is 4380. The summed E-state index contributed by atoms with van der Waals surface area (Å²) in [6.07, 6.45) is 0. The first-order valence-corrected chi connectivity index (χ1v) is 26.2. The molecule has 10 aromatic carbocycles. The maximum atomic E-state index is 7.07. The van der Waals surface area contributed by atoms with Crippen LogP contribution in [0.2, 0.25) is 0 Å². The highest BCUT2D eigenvalue weighted by Gasteiger charge is 2.49. The fourth-order valence-electron chi connectivity index (χ4n) is 14.1. The average molecular weight is 954 g/mol. The van der Waals surface area contributed by atoms with Gasteiger partial charge in [0.1, 0.15) is 22.3 Å². The Hall–Kier alpha value is -8.40. The normalized spacial score (nSPS) is 15.1. The van der Waals surface area contributed by atoms with Gasteiger partial charge in [0.25, 0.3) is 0 Å². The summed E-state index contributed by atoms with van der Waals surface area (Å²) < 4.78 is 14.0. The molecule has 0 saturated heterocycles. The minimum absolute atomic E-state index is 0.216. The molecule has 0 fully saturated rings. The van der Waals surface area contributed by atoms with E-state index in [1.165, 1.54) is 105 Å². The van der Waals surface area contributed by atoms with Gasteiger partial charge in [-0.3, -0.25) is 0 Å². The number of nitrogens with zero attached hydrogens (tertiary/aromatic N) is 1. The van der Waals surface area contributed by atoms with E-state index in [0.717, 1.165) is 55.9 Å². The first-order valence-electron chi connectivity index (χ1n) is 26.2. The van der Waals surface area contributed by atoms with Crippen molar-refractivity contribution in [2.24, 2.45) is 0 Å². The predicted octanol–water partition coefficient (Wildman–Crippen LogP) is 19.8. The quantitative estimate of drug-likeness (QED) is 0.172. The molecule has 0 aliphatic heterocycles. The topological polar surface area (TPSA) is 29.5 Å². The van der Waals surface area contributed by atoms with Gasteiger partial charge in [-0.1, -0.05) is 175 Å². The third-order valence-corrected chi connectivity index (χ3v) is 17.4. The Labute approximate surface area is 432 Å². The van der Waals surface area contributed by atoms with Gasteiger partial charge in [-0.25, -0.2) is 0 Å². The first-order chi connectivity index (χ1) is 35.8. The van der Waals surface area contributed by atoms with Gasteiger partial charge in [-0.2, -0.15) is 0 Å². The molecule has 3 aliphatic carbocycles. The highest BCUT2D eigenvalue weighted by Crippen LogP contribution is 2.64. The van der Waals surface area contributed by atoms with Gasteiger partial charge in [0, 0.05) is 66.0 Å². The van der Waals surface area contributed by atoms with Crippen molar-refractivity contribution in [3.05, 3.63) is 233 Å². The van der Waals surface area contributed by atoms with Crippen molar-refractivity contribution in [3.63, 3.8) is 0 Å². The van der Waals surface area contributed by atoms with Crippen LogP contribution in [0, 0.1) is 13.8 Å². The van der Waals surface area contributed by atoms with Crippen LogP contribution in [0.4, 0.5) is 17.1 Å². The Kier molecular flexibility index (Phi) is 8.68.